The SMILES string of the molecule is CC(C)(C)c1cc([C@H](O)CC(=O)NN)cc(C(C)(C)C)c1. The van der Waals surface area contributed by atoms with E-state index in [-0.39, 0.29) is 23.2 Å². The Balaban J connectivity index is 3.28. The van der Waals surface area contributed by atoms with E-state index in [2.05, 4.69) is 53.0 Å². The van der Waals surface area contributed by atoms with Gasteiger partial charge in [0.25, 0.3) is 0 Å². The summed E-state index contributed by atoms with van der Waals surface area (Å²) in [5.74, 6) is 4.71. The summed E-state index contributed by atoms with van der Waals surface area (Å²) in [4.78, 5) is 11.4. The molecule has 21 heavy (non-hydrogen) atoms. The van der Waals surface area contributed by atoms with Gasteiger partial charge in [-0.3, -0.25) is 10.2 Å². The normalized spacial score (nSPS) is 13.9. The van der Waals surface area contributed by atoms with Gasteiger partial charge in [-0.2, -0.15) is 0 Å². The van der Waals surface area contributed by atoms with Crippen LogP contribution in [-0.2, 0) is 15.6 Å². The van der Waals surface area contributed by atoms with E-state index in [1.807, 2.05) is 12.1 Å². The predicted molar refractivity (Wildman–Crippen MR) is 85.7 cm³/mol. The van der Waals surface area contributed by atoms with Gasteiger partial charge in [-0.1, -0.05) is 59.7 Å². The molecular weight excluding hydrogens is 264 g/mol. The highest BCUT2D eigenvalue weighted by molar-refractivity contribution is 5.75. The summed E-state index contributed by atoms with van der Waals surface area (Å²) in [7, 11) is 0. The fourth-order valence-electron chi connectivity index (χ4n) is 2.06. The van der Waals surface area contributed by atoms with Crippen LogP contribution in [0.2, 0.25) is 0 Å². The topological polar surface area (TPSA) is 75.3 Å². The fourth-order valence-corrected chi connectivity index (χ4v) is 2.06. The Hall–Kier alpha value is -1.39. The van der Waals surface area contributed by atoms with Gasteiger partial charge in [0.05, 0.1) is 12.5 Å². The lowest BCUT2D eigenvalue weighted by Gasteiger charge is -2.27. The first-order valence-corrected chi connectivity index (χ1v) is 7.28. The molecule has 1 aromatic rings. The molecule has 1 atom stereocenters. The van der Waals surface area contributed by atoms with Crippen LogP contribution in [0.4, 0.5) is 0 Å². The summed E-state index contributed by atoms with van der Waals surface area (Å²) in [6.07, 6.45) is -0.884. The summed E-state index contributed by atoms with van der Waals surface area (Å²) in [6, 6.07) is 6.13. The van der Waals surface area contributed by atoms with Crippen molar-refractivity contribution in [1.82, 2.24) is 5.43 Å². The molecule has 0 heterocycles. The molecule has 1 rings (SSSR count). The molecular formula is C17H28N2O2. The summed E-state index contributed by atoms with van der Waals surface area (Å²) < 4.78 is 0. The quantitative estimate of drug-likeness (QED) is 0.455. The van der Waals surface area contributed by atoms with Crippen LogP contribution in [0.5, 0.6) is 0 Å². The number of hydrogen-bond acceptors (Lipinski definition) is 3. The number of hydrogen-bond donors (Lipinski definition) is 3. The van der Waals surface area contributed by atoms with Crippen LogP contribution in [-0.4, -0.2) is 11.0 Å². The molecule has 0 bridgehead atoms. The molecule has 4 heteroatoms. The third-order valence-electron chi connectivity index (χ3n) is 3.61. The molecule has 0 aliphatic heterocycles. The largest absolute Gasteiger partial charge is 0.388 e. The average Bonchev–Trinajstić information content (AvgIpc) is 2.35. The van der Waals surface area contributed by atoms with E-state index in [1.165, 1.54) is 0 Å². The molecule has 0 spiro atoms. The number of benzene rings is 1. The number of nitrogens with two attached hydrogens (primary N) is 1. The van der Waals surface area contributed by atoms with Gasteiger partial charge in [0.2, 0.25) is 5.91 Å². The van der Waals surface area contributed by atoms with Crippen molar-refractivity contribution in [3.05, 3.63) is 34.9 Å². The van der Waals surface area contributed by atoms with Crippen molar-refractivity contribution in [2.24, 2.45) is 5.84 Å². The van der Waals surface area contributed by atoms with E-state index in [4.69, 9.17) is 5.84 Å². The number of nitrogens with one attached hydrogen (secondary N) is 1. The molecule has 4 N–H and O–H groups in total. The molecule has 0 radical (unpaired) electrons. The number of carbonyl (C=O) groups is 1. The van der Waals surface area contributed by atoms with Gasteiger partial charge in [0.1, 0.15) is 0 Å². The lowest BCUT2D eigenvalue weighted by Crippen LogP contribution is -2.31. The van der Waals surface area contributed by atoms with Crippen molar-refractivity contribution in [3.8, 4) is 0 Å². The van der Waals surface area contributed by atoms with Crippen LogP contribution in [0, 0.1) is 0 Å². The van der Waals surface area contributed by atoms with E-state index < -0.39 is 6.10 Å². The summed E-state index contributed by atoms with van der Waals surface area (Å²) >= 11 is 0. The van der Waals surface area contributed by atoms with E-state index in [0.29, 0.717) is 0 Å². The Morgan fingerprint density at radius 3 is 1.86 bits per heavy atom. The Morgan fingerprint density at radius 1 is 1.10 bits per heavy atom. The molecule has 1 aromatic carbocycles. The van der Waals surface area contributed by atoms with E-state index in [1.54, 1.807) is 0 Å². The van der Waals surface area contributed by atoms with E-state index >= 15 is 0 Å². The van der Waals surface area contributed by atoms with Gasteiger partial charge in [0, 0.05) is 0 Å². The van der Waals surface area contributed by atoms with Crippen molar-refractivity contribution in [1.29, 1.82) is 0 Å². The Labute approximate surface area is 127 Å². The third kappa shape index (κ3) is 4.83. The highest BCUT2D eigenvalue weighted by Gasteiger charge is 2.23. The second kappa shape index (κ2) is 6.16. The zero-order valence-electron chi connectivity index (χ0n) is 13.9. The van der Waals surface area contributed by atoms with E-state index in [0.717, 1.165) is 16.7 Å². The first kappa shape index (κ1) is 17.7. The van der Waals surface area contributed by atoms with Crippen LogP contribution in [0.3, 0.4) is 0 Å². The van der Waals surface area contributed by atoms with Crippen LogP contribution >= 0.6 is 0 Å². The van der Waals surface area contributed by atoms with Gasteiger partial charge in [-0.15, -0.1) is 0 Å². The molecule has 4 nitrogen and oxygen atoms in total. The van der Waals surface area contributed by atoms with Crippen molar-refractivity contribution in [2.45, 2.75) is 64.9 Å². The van der Waals surface area contributed by atoms with Gasteiger partial charge < -0.3 is 5.11 Å². The number of amides is 1. The maximum atomic E-state index is 11.4. The van der Waals surface area contributed by atoms with Gasteiger partial charge in [0.15, 0.2) is 0 Å². The standard InChI is InChI=1S/C17H28N2O2/c1-16(2,3)12-7-11(14(20)10-15(21)19-18)8-13(9-12)17(4,5)6/h7-9,14,20H,10,18H2,1-6H3,(H,19,21)/t14-/m1/s1. The zero-order chi connectivity index (χ0) is 16.4. The molecule has 0 aliphatic carbocycles. The van der Waals surface area contributed by atoms with Crippen LogP contribution in [0.25, 0.3) is 0 Å². The predicted octanol–water partition coefficient (Wildman–Crippen LogP) is 2.70. The number of hydrazine groups is 1. The fraction of sp³-hybridized carbons (Fsp3) is 0.588. The Bertz CT molecular complexity index is 478. The molecule has 118 valence electrons. The van der Waals surface area contributed by atoms with Crippen molar-refractivity contribution >= 4 is 5.91 Å². The zero-order valence-corrected chi connectivity index (χ0v) is 13.9. The highest BCUT2D eigenvalue weighted by Crippen LogP contribution is 2.32. The third-order valence-corrected chi connectivity index (χ3v) is 3.61. The van der Waals surface area contributed by atoms with Gasteiger partial charge >= 0.3 is 0 Å². The molecule has 0 saturated heterocycles. The maximum absolute atomic E-state index is 11.4. The number of carbonyl (C=O) groups excluding carboxylic acids is 1. The van der Waals surface area contributed by atoms with Crippen LogP contribution in [0.1, 0.15) is 70.8 Å². The van der Waals surface area contributed by atoms with Crippen LogP contribution in [0.15, 0.2) is 18.2 Å². The van der Waals surface area contributed by atoms with Gasteiger partial charge in [-0.05, 0) is 27.5 Å². The van der Waals surface area contributed by atoms with Gasteiger partial charge in [-0.25, -0.2) is 5.84 Å². The second-order valence-electron chi connectivity index (χ2n) is 7.63. The summed E-state index contributed by atoms with van der Waals surface area (Å²) in [5.41, 5.74) is 5.07. The van der Waals surface area contributed by atoms with Crippen molar-refractivity contribution < 1.29 is 9.90 Å². The lowest BCUT2D eigenvalue weighted by atomic mass is 9.79. The molecule has 1 amide bonds. The van der Waals surface area contributed by atoms with Crippen molar-refractivity contribution in [3.63, 3.8) is 0 Å². The summed E-state index contributed by atoms with van der Waals surface area (Å²) in [6.45, 7) is 12.8. The molecule has 0 saturated carbocycles. The maximum Gasteiger partial charge on any atom is 0.236 e. The number of rotatable bonds is 3. The molecule has 0 unspecified atom stereocenters. The highest BCUT2D eigenvalue weighted by atomic mass is 16.3. The first-order valence-electron chi connectivity index (χ1n) is 7.28. The Morgan fingerprint density at radius 2 is 1.52 bits per heavy atom. The molecule has 0 fully saturated rings. The number of aliphatic hydroxyl groups is 1. The average molecular weight is 292 g/mol. The lowest BCUT2D eigenvalue weighted by molar-refractivity contribution is -0.123. The summed E-state index contributed by atoms with van der Waals surface area (Å²) in [5, 5.41) is 10.3. The first-order chi connectivity index (χ1) is 9.45. The number of aliphatic hydroxyl groups excluding tert-OH is 1. The Kier molecular flexibility index (Phi) is 5.18. The molecule has 0 aromatic heterocycles. The minimum atomic E-state index is -0.850. The van der Waals surface area contributed by atoms with E-state index in [9.17, 15) is 9.90 Å². The minimum Gasteiger partial charge on any atom is -0.388 e. The monoisotopic (exact) mass is 292 g/mol. The minimum absolute atomic E-state index is 0.0220. The van der Waals surface area contributed by atoms with Crippen molar-refractivity contribution in [2.75, 3.05) is 0 Å². The smallest absolute Gasteiger partial charge is 0.236 e. The molecule has 0 aliphatic rings. The second-order valence-corrected chi connectivity index (χ2v) is 7.63. The van der Waals surface area contributed by atoms with Crippen LogP contribution < -0.4 is 11.3 Å².